The van der Waals surface area contributed by atoms with Crippen LogP contribution in [0.25, 0.3) is 0 Å². The van der Waals surface area contributed by atoms with Crippen LogP contribution in [0, 0.1) is 23.2 Å². The Kier molecular flexibility index (Phi) is 11.2. The van der Waals surface area contributed by atoms with Gasteiger partial charge in [0.1, 0.15) is 5.75 Å². The first-order chi connectivity index (χ1) is 22.0. The fourth-order valence-electron chi connectivity index (χ4n) is 8.74. The van der Waals surface area contributed by atoms with E-state index in [1.807, 2.05) is 42.5 Å². The SMILES string of the molecule is CCCCCC(=O)NC(=O)[C@@H](Cc1ccccc1)NCCC[C@H]1C[C@H]2[C@@H]3CCc4cc(OS(N)(=O)=O)ccc4[C@H]3CC[C@]2(C)[C@H]1O. The fourth-order valence-corrected chi connectivity index (χ4v) is 9.12. The van der Waals surface area contributed by atoms with Gasteiger partial charge >= 0.3 is 10.3 Å². The van der Waals surface area contributed by atoms with Gasteiger partial charge < -0.3 is 14.6 Å². The molecular formula is C36H51N3O6S. The first kappa shape index (κ1) is 34.5. The molecule has 0 heterocycles. The minimum absolute atomic E-state index is 0.124. The Balaban J connectivity index is 1.18. The van der Waals surface area contributed by atoms with Crippen molar-refractivity contribution in [3.8, 4) is 5.75 Å². The average molecular weight is 654 g/mol. The van der Waals surface area contributed by atoms with Crippen molar-refractivity contribution in [3.63, 3.8) is 0 Å². The number of imide groups is 1. The van der Waals surface area contributed by atoms with E-state index in [0.29, 0.717) is 37.1 Å². The molecule has 0 radical (unpaired) electrons. The third kappa shape index (κ3) is 8.19. The molecule has 0 spiro atoms. The Labute approximate surface area is 274 Å². The van der Waals surface area contributed by atoms with Crippen molar-refractivity contribution in [2.45, 2.75) is 109 Å². The number of nitrogens with one attached hydrogen (secondary N) is 2. The predicted molar refractivity (Wildman–Crippen MR) is 178 cm³/mol. The molecule has 3 aliphatic carbocycles. The van der Waals surface area contributed by atoms with Crippen LogP contribution in [-0.4, -0.2) is 44.0 Å². The van der Waals surface area contributed by atoms with Gasteiger partial charge in [-0.25, -0.2) is 0 Å². The summed E-state index contributed by atoms with van der Waals surface area (Å²) >= 11 is 0. The minimum Gasteiger partial charge on any atom is -0.392 e. The van der Waals surface area contributed by atoms with Crippen molar-refractivity contribution >= 4 is 22.1 Å². The highest BCUT2D eigenvalue weighted by Crippen LogP contribution is 2.62. The van der Waals surface area contributed by atoms with Gasteiger partial charge in [0, 0.05) is 6.42 Å². The smallest absolute Gasteiger partial charge is 0.380 e. The largest absolute Gasteiger partial charge is 0.392 e. The van der Waals surface area contributed by atoms with E-state index in [9.17, 15) is 23.1 Å². The maximum Gasteiger partial charge on any atom is 0.380 e. The molecule has 7 atom stereocenters. The van der Waals surface area contributed by atoms with E-state index in [1.165, 1.54) is 5.56 Å². The van der Waals surface area contributed by atoms with Crippen LogP contribution in [0.4, 0.5) is 0 Å². The van der Waals surface area contributed by atoms with Crippen molar-refractivity contribution in [3.05, 3.63) is 65.2 Å². The third-order valence-electron chi connectivity index (χ3n) is 11.0. The summed E-state index contributed by atoms with van der Waals surface area (Å²) in [4.78, 5) is 25.5. The maximum absolute atomic E-state index is 13.1. The van der Waals surface area contributed by atoms with Gasteiger partial charge in [-0.2, -0.15) is 13.6 Å². The zero-order valence-corrected chi connectivity index (χ0v) is 28.1. The molecule has 0 aromatic heterocycles. The number of aryl methyl sites for hydroxylation is 1. The molecule has 2 fully saturated rings. The molecule has 0 bridgehead atoms. The Morgan fingerprint density at radius 3 is 2.63 bits per heavy atom. The number of rotatable bonds is 14. The number of hydrogen-bond acceptors (Lipinski definition) is 7. The van der Waals surface area contributed by atoms with Crippen LogP contribution in [0.2, 0.25) is 0 Å². The van der Waals surface area contributed by atoms with Gasteiger partial charge in [-0.15, -0.1) is 0 Å². The highest BCUT2D eigenvalue weighted by atomic mass is 32.2. The van der Waals surface area contributed by atoms with Gasteiger partial charge in [0.05, 0.1) is 12.1 Å². The van der Waals surface area contributed by atoms with Crippen molar-refractivity contribution in [1.82, 2.24) is 10.6 Å². The standard InChI is InChI=1S/C36H51N3O6S/c1-3-4-6-13-33(40)39-35(42)32(21-24-10-7-5-8-11-24)38-20-9-12-26-23-31-30-16-14-25-22-27(45-46(37,43)44)15-17-28(25)29(30)18-19-36(31,2)34(26)41/h5,7-8,10-11,15,17,22,26,29-32,34,38,41H,3-4,6,9,12-14,16,18-21,23H2,1-2H3,(H2,37,43,44)(H,39,40,42)/t26-,29+,30+,31-,32+,34-,36-/m0/s1. The molecule has 2 aromatic carbocycles. The summed E-state index contributed by atoms with van der Waals surface area (Å²) in [7, 11) is -4.07. The van der Waals surface area contributed by atoms with E-state index in [1.54, 1.807) is 6.07 Å². The van der Waals surface area contributed by atoms with Gasteiger partial charge in [-0.3, -0.25) is 14.9 Å². The summed E-state index contributed by atoms with van der Waals surface area (Å²) in [5.74, 6) is 1.24. The summed E-state index contributed by atoms with van der Waals surface area (Å²) in [6.45, 7) is 4.98. The van der Waals surface area contributed by atoms with E-state index in [0.717, 1.165) is 75.3 Å². The van der Waals surface area contributed by atoms with Crippen LogP contribution < -0.4 is 20.0 Å². The molecule has 252 valence electrons. The lowest BCUT2D eigenvalue weighted by atomic mass is 9.55. The topological polar surface area (TPSA) is 148 Å². The Morgan fingerprint density at radius 2 is 1.89 bits per heavy atom. The second-order valence-electron chi connectivity index (χ2n) is 14.0. The third-order valence-corrected chi connectivity index (χ3v) is 11.5. The number of carbonyl (C=O) groups excluding carboxylic acids is 2. The molecule has 2 amide bonds. The minimum atomic E-state index is -4.07. The van der Waals surface area contributed by atoms with Gasteiger partial charge in [0.2, 0.25) is 11.8 Å². The summed E-state index contributed by atoms with van der Waals surface area (Å²) in [6, 6.07) is 14.9. The quantitative estimate of drug-likeness (QED) is 0.212. The zero-order chi connectivity index (χ0) is 32.9. The summed E-state index contributed by atoms with van der Waals surface area (Å²) in [6.07, 6.45) is 9.76. The molecular weight excluding hydrogens is 602 g/mol. The molecule has 46 heavy (non-hydrogen) atoms. The maximum atomic E-state index is 13.1. The van der Waals surface area contributed by atoms with E-state index >= 15 is 0 Å². The molecule has 2 aromatic rings. The van der Waals surface area contributed by atoms with Crippen LogP contribution in [0.3, 0.4) is 0 Å². The number of carbonyl (C=O) groups is 2. The van der Waals surface area contributed by atoms with Crippen LogP contribution in [-0.2, 0) is 32.7 Å². The molecule has 3 aliphatic rings. The lowest BCUT2D eigenvalue weighted by Crippen LogP contribution is -2.48. The second-order valence-corrected chi connectivity index (χ2v) is 15.2. The summed E-state index contributed by atoms with van der Waals surface area (Å²) < 4.78 is 27.8. The monoisotopic (exact) mass is 653 g/mol. The van der Waals surface area contributed by atoms with Gasteiger partial charge in [-0.05, 0) is 122 Å². The van der Waals surface area contributed by atoms with Crippen molar-refractivity contribution < 1.29 is 27.3 Å². The molecule has 0 aliphatic heterocycles. The lowest BCUT2D eigenvalue weighted by Gasteiger charge is -2.50. The first-order valence-electron chi connectivity index (χ1n) is 17.1. The zero-order valence-electron chi connectivity index (χ0n) is 27.2. The number of aliphatic hydroxyl groups is 1. The summed E-state index contributed by atoms with van der Waals surface area (Å²) in [5.41, 5.74) is 3.31. The van der Waals surface area contributed by atoms with Gasteiger partial charge in [0.25, 0.3) is 0 Å². The number of aliphatic hydroxyl groups excluding tert-OH is 1. The van der Waals surface area contributed by atoms with E-state index in [2.05, 4.69) is 24.5 Å². The molecule has 5 rings (SSSR count). The molecule has 0 unspecified atom stereocenters. The number of fused-ring (bicyclic) bond motifs is 5. The normalized spacial score (nSPS) is 27.6. The summed E-state index contributed by atoms with van der Waals surface area (Å²) in [5, 5.41) is 22.8. The second kappa shape index (κ2) is 15.0. The lowest BCUT2D eigenvalue weighted by molar-refractivity contribution is -0.131. The number of hydrogen-bond donors (Lipinski definition) is 4. The highest BCUT2D eigenvalue weighted by molar-refractivity contribution is 7.84. The predicted octanol–water partition coefficient (Wildman–Crippen LogP) is 4.92. The number of nitrogens with two attached hydrogens (primary N) is 1. The van der Waals surface area contributed by atoms with Gasteiger partial charge in [-0.1, -0.05) is 63.1 Å². The molecule has 10 heteroatoms. The molecule has 2 saturated carbocycles. The van der Waals surface area contributed by atoms with Crippen LogP contribution >= 0.6 is 0 Å². The van der Waals surface area contributed by atoms with E-state index < -0.39 is 16.3 Å². The molecule has 0 saturated heterocycles. The molecule has 9 nitrogen and oxygen atoms in total. The van der Waals surface area contributed by atoms with Crippen LogP contribution in [0.1, 0.15) is 101 Å². The fraction of sp³-hybridized carbons (Fsp3) is 0.611. The number of benzene rings is 2. The van der Waals surface area contributed by atoms with Crippen LogP contribution in [0.15, 0.2) is 48.5 Å². The number of unbranched alkanes of at least 4 members (excludes halogenated alkanes) is 2. The average Bonchev–Trinajstić information content (AvgIpc) is 3.27. The van der Waals surface area contributed by atoms with E-state index in [-0.39, 0.29) is 35.0 Å². The first-order valence-corrected chi connectivity index (χ1v) is 18.6. The van der Waals surface area contributed by atoms with Crippen LogP contribution in [0.5, 0.6) is 5.75 Å². The molecule has 5 N–H and O–H groups in total. The number of amides is 2. The van der Waals surface area contributed by atoms with Gasteiger partial charge in [0.15, 0.2) is 0 Å². The van der Waals surface area contributed by atoms with E-state index in [4.69, 9.17) is 9.32 Å². The van der Waals surface area contributed by atoms with Crippen molar-refractivity contribution in [2.24, 2.45) is 28.3 Å². The highest BCUT2D eigenvalue weighted by Gasteiger charge is 2.57. The Hall–Kier alpha value is -2.79. The Morgan fingerprint density at radius 1 is 1.11 bits per heavy atom. The van der Waals surface area contributed by atoms with Crippen molar-refractivity contribution in [1.29, 1.82) is 0 Å². The van der Waals surface area contributed by atoms with Crippen molar-refractivity contribution in [2.75, 3.05) is 6.54 Å². The Bertz CT molecular complexity index is 1470.